The van der Waals surface area contributed by atoms with Crippen molar-refractivity contribution >= 4 is 11.3 Å². The van der Waals surface area contributed by atoms with Crippen LogP contribution in [0.4, 0.5) is 0 Å². The number of aliphatic hydroxyl groups excluding tert-OH is 1. The highest BCUT2D eigenvalue weighted by atomic mass is 32.1. The topological polar surface area (TPSA) is 44.7 Å². The van der Waals surface area contributed by atoms with Crippen LogP contribution in [0, 0.1) is 11.8 Å². The van der Waals surface area contributed by atoms with Crippen LogP contribution in [0.2, 0.25) is 0 Å². The highest BCUT2D eigenvalue weighted by molar-refractivity contribution is 7.10. The van der Waals surface area contributed by atoms with Crippen molar-refractivity contribution in [2.45, 2.75) is 25.0 Å². The molecule has 1 aromatic rings. The maximum Gasteiger partial charge on any atom is 0.104 e. The molecule has 0 bridgehead atoms. The molecule has 5 heteroatoms. The number of nitrogens with one attached hydrogen (secondary N) is 1. The lowest BCUT2D eigenvalue weighted by atomic mass is 9.90. The zero-order valence-electron chi connectivity index (χ0n) is 12.2. The maximum atomic E-state index is 8.72. The van der Waals surface area contributed by atoms with E-state index in [2.05, 4.69) is 33.5 Å². The summed E-state index contributed by atoms with van der Waals surface area (Å²) in [4.78, 5) is 3.84. The van der Waals surface area contributed by atoms with E-state index in [4.69, 9.17) is 9.84 Å². The molecule has 0 saturated carbocycles. The smallest absolute Gasteiger partial charge is 0.104 e. The number of hydrogen-bond acceptors (Lipinski definition) is 5. The van der Waals surface area contributed by atoms with Crippen LogP contribution in [0.3, 0.4) is 0 Å². The number of rotatable bonds is 2. The molecule has 4 nitrogen and oxygen atoms in total. The molecule has 0 radical (unpaired) electrons. The van der Waals surface area contributed by atoms with Crippen molar-refractivity contribution in [2.24, 2.45) is 0 Å². The third-order valence-electron chi connectivity index (χ3n) is 4.25. The molecule has 2 fully saturated rings. The van der Waals surface area contributed by atoms with Gasteiger partial charge < -0.3 is 15.2 Å². The van der Waals surface area contributed by atoms with Crippen LogP contribution in [0.15, 0.2) is 11.4 Å². The number of ether oxygens (including phenoxy) is 1. The highest BCUT2D eigenvalue weighted by Gasteiger charge is 2.36. The lowest BCUT2D eigenvalue weighted by Crippen LogP contribution is -2.55. The number of piperidine rings is 1. The number of hydrogen-bond donors (Lipinski definition) is 2. The van der Waals surface area contributed by atoms with E-state index >= 15 is 0 Å². The fourth-order valence-electron chi connectivity index (χ4n) is 3.04. The Kier molecular flexibility index (Phi) is 4.94. The predicted octanol–water partition coefficient (Wildman–Crippen LogP) is 1.05. The van der Waals surface area contributed by atoms with Crippen molar-refractivity contribution < 1.29 is 9.84 Å². The van der Waals surface area contributed by atoms with Gasteiger partial charge in [0.2, 0.25) is 0 Å². The van der Waals surface area contributed by atoms with E-state index in [0.717, 1.165) is 57.7 Å². The van der Waals surface area contributed by atoms with Gasteiger partial charge in [0.05, 0.1) is 12.2 Å². The molecule has 2 saturated heterocycles. The average molecular weight is 306 g/mol. The summed E-state index contributed by atoms with van der Waals surface area (Å²) in [5.74, 6) is 5.66. The van der Waals surface area contributed by atoms with Gasteiger partial charge in [0.15, 0.2) is 0 Å². The Morgan fingerprint density at radius 1 is 1.43 bits per heavy atom. The Labute approximate surface area is 130 Å². The first kappa shape index (κ1) is 15.0. The van der Waals surface area contributed by atoms with Gasteiger partial charge in [0.1, 0.15) is 6.61 Å². The van der Waals surface area contributed by atoms with Crippen LogP contribution in [0.5, 0.6) is 0 Å². The van der Waals surface area contributed by atoms with E-state index in [9.17, 15) is 0 Å². The molecular formula is C16H22N2O2S. The van der Waals surface area contributed by atoms with Gasteiger partial charge in [0.25, 0.3) is 0 Å². The minimum absolute atomic E-state index is 0.0760. The van der Waals surface area contributed by atoms with Crippen molar-refractivity contribution in [3.8, 4) is 11.8 Å². The lowest BCUT2D eigenvalue weighted by Gasteiger charge is -2.44. The van der Waals surface area contributed by atoms with Gasteiger partial charge in [-0.3, -0.25) is 4.90 Å². The standard InChI is InChI=1S/C16H22N2O2S/c19-8-1-2-14-10-15(21-12-14)11-18-6-3-16(4-7-18)13-17-5-9-20-16/h10,12,17,19H,3-9,11,13H2. The number of thiophene rings is 1. The second-order valence-corrected chi connectivity index (χ2v) is 6.74. The molecule has 0 atom stereocenters. The third kappa shape index (κ3) is 3.85. The maximum absolute atomic E-state index is 8.72. The second-order valence-electron chi connectivity index (χ2n) is 5.75. The monoisotopic (exact) mass is 306 g/mol. The van der Waals surface area contributed by atoms with E-state index in [1.165, 1.54) is 4.88 Å². The molecule has 3 rings (SSSR count). The van der Waals surface area contributed by atoms with E-state index in [1.54, 1.807) is 11.3 Å². The molecule has 114 valence electrons. The van der Waals surface area contributed by atoms with Gasteiger partial charge in [-0.25, -0.2) is 0 Å². The van der Waals surface area contributed by atoms with Crippen LogP contribution in [0.1, 0.15) is 23.3 Å². The van der Waals surface area contributed by atoms with Crippen LogP contribution in [0.25, 0.3) is 0 Å². The minimum atomic E-state index is -0.0760. The van der Waals surface area contributed by atoms with Crippen molar-refractivity contribution in [1.82, 2.24) is 10.2 Å². The Balaban J connectivity index is 1.52. The summed E-state index contributed by atoms with van der Waals surface area (Å²) >= 11 is 1.75. The van der Waals surface area contributed by atoms with Gasteiger partial charge >= 0.3 is 0 Å². The van der Waals surface area contributed by atoms with Crippen molar-refractivity contribution in [3.05, 3.63) is 21.9 Å². The zero-order valence-corrected chi connectivity index (χ0v) is 13.0. The summed E-state index contributed by atoms with van der Waals surface area (Å²) in [6, 6.07) is 2.14. The molecule has 0 unspecified atom stereocenters. The van der Waals surface area contributed by atoms with E-state index in [0.29, 0.717) is 0 Å². The number of nitrogens with zero attached hydrogens (tertiary/aromatic N) is 1. The molecule has 1 aromatic heterocycles. The molecule has 0 amide bonds. The van der Waals surface area contributed by atoms with Crippen LogP contribution in [-0.2, 0) is 11.3 Å². The minimum Gasteiger partial charge on any atom is -0.384 e. The first-order valence-corrected chi connectivity index (χ1v) is 8.42. The Hall–Kier alpha value is -0.900. The molecule has 1 spiro atoms. The van der Waals surface area contributed by atoms with Crippen molar-refractivity contribution in [1.29, 1.82) is 0 Å². The fourth-order valence-corrected chi connectivity index (χ4v) is 3.90. The summed E-state index contributed by atoms with van der Waals surface area (Å²) in [5, 5.41) is 14.2. The predicted molar refractivity (Wildman–Crippen MR) is 84.3 cm³/mol. The average Bonchev–Trinajstić information content (AvgIpc) is 2.96. The summed E-state index contributed by atoms with van der Waals surface area (Å²) in [6.45, 7) is 5.94. The van der Waals surface area contributed by atoms with Gasteiger partial charge in [-0.1, -0.05) is 11.8 Å². The first-order chi connectivity index (χ1) is 10.3. The van der Waals surface area contributed by atoms with Crippen LogP contribution >= 0.6 is 11.3 Å². The molecule has 0 aliphatic carbocycles. The second kappa shape index (κ2) is 6.91. The Morgan fingerprint density at radius 3 is 3.00 bits per heavy atom. The third-order valence-corrected chi connectivity index (χ3v) is 5.17. The number of morpholine rings is 1. The lowest BCUT2D eigenvalue weighted by molar-refractivity contribution is -0.100. The molecule has 21 heavy (non-hydrogen) atoms. The quantitative estimate of drug-likeness (QED) is 0.802. The molecule has 0 aromatic carbocycles. The molecule has 3 heterocycles. The van der Waals surface area contributed by atoms with Gasteiger partial charge in [0, 0.05) is 48.5 Å². The summed E-state index contributed by atoms with van der Waals surface area (Å²) in [5.41, 5.74) is 1.10. The highest BCUT2D eigenvalue weighted by Crippen LogP contribution is 2.28. The summed E-state index contributed by atoms with van der Waals surface area (Å²) in [7, 11) is 0. The Bertz CT molecular complexity index is 516. The van der Waals surface area contributed by atoms with E-state index in [-0.39, 0.29) is 12.2 Å². The van der Waals surface area contributed by atoms with Gasteiger partial charge in [-0.05, 0) is 18.9 Å². The number of aliphatic hydroxyl groups is 1. The largest absolute Gasteiger partial charge is 0.384 e. The fraction of sp³-hybridized carbons (Fsp3) is 0.625. The van der Waals surface area contributed by atoms with E-state index in [1.807, 2.05) is 0 Å². The SMILES string of the molecule is OCC#Cc1csc(CN2CCC3(CC2)CNCCO3)c1. The first-order valence-electron chi connectivity index (χ1n) is 7.54. The van der Waals surface area contributed by atoms with Crippen molar-refractivity contribution in [2.75, 3.05) is 39.4 Å². The van der Waals surface area contributed by atoms with E-state index < -0.39 is 0 Å². The summed E-state index contributed by atoms with van der Waals surface area (Å²) in [6.07, 6.45) is 2.23. The summed E-state index contributed by atoms with van der Waals surface area (Å²) < 4.78 is 6.02. The molecule has 2 aliphatic rings. The zero-order chi connectivity index (χ0) is 14.5. The normalized spacial score (nSPS) is 22.0. The molecular weight excluding hydrogens is 284 g/mol. The Morgan fingerprint density at radius 2 is 2.29 bits per heavy atom. The molecule has 2 N–H and O–H groups in total. The number of likely N-dealkylation sites (tertiary alicyclic amines) is 1. The van der Waals surface area contributed by atoms with Gasteiger partial charge in [-0.15, -0.1) is 11.3 Å². The molecule has 2 aliphatic heterocycles. The van der Waals surface area contributed by atoms with Gasteiger partial charge in [-0.2, -0.15) is 0 Å². The van der Waals surface area contributed by atoms with Crippen molar-refractivity contribution in [3.63, 3.8) is 0 Å². The van der Waals surface area contributed by atoms with Crippen LogP contribution in [-0.4, -0.2) is 55.0 Å². The van der Waals surface area contributed by atoms with Crippen LogP contribution < -0.4 is 5.32 Å².